The summed E-state index contributed by atoms with van der Waals surface area (Å²) in [5.74, 6) is 1.84. The number of aliphatic hydroxyl groups is 1. The molecular formula is C39H41N9O4. The Hall–Kier alpha value is -6.34. The Labute approximate surface area is 301 Å². The molecule has 3 amide bonds. The molecule has 3 aromatic heterocycles. The van der Waals surface area contributed by atoms with Crippen molar-refractivity contribution in [2.75, 3.05) is 29.1 Å². The number of hydrogen-bond acceptors (Lipinski definition) is 9. The number of carbonyl (C=O) groups excluding carboxylic acids is 2. The topological polar surface area (TPSA) is 168 Å². The summed E-state index contributed by atoms with van der Waals surface area (Å²) in [6, 6.07) is 24.7. The number of aryl methyl sites for hydroxylation is 2. The van der Waals surface area contributed by atoms with Crippen molar-refractivity contribution in [3.05, 3.63) is 120 Å². The summed E-state index contributed by atoms with van der Waals surface area (Å²) in [4.78, 5) is 38.4. The van der Waals surface area contributed by atoms with Crippen molar-refractivity contribution in [3.63, 3.8) is 0 Å². The summed E-state index contributed by atoms with van der Waals surface area (Å²) in [5.41, 5.74) is 4.60. The number of carbonyl (C=O) groups is 2. The molecular weight excluding hydrogens is 658 g/mol. The van der Waals surface area contributed by atoms with Crippen LogP contribution in [-0.4, -0.2) is 54.9 Å². The minimum atomic E-state index is -0.383. The number of anilines is 4. The maximum Gasteiger partial charge on any atom is 0.324 e. The van der Waals surface area contributed by atoms with E-state index in [4.69, 9.17) is 14.9 Å². The number of benzene rings is 3. The Bertz CT molecular complexity index is 2130. The summed E-state index contributed by atoms with van der Waals surface area (Å²) in [5, 5.41) is 27.2. The number of rotatable bonds is 15. The average Bonchev–Trinajstić information content (AvgIpc) is 3.56. The SMILES string of the molecule is CCCCc1cc(NC(=O)Nc2ccc(OCc3ccnc(Nc4cnc(C(=O)NCCCO)cn4)c3)c3ccccc23)n(-c2ccc(C)cc2)n1. The highest BCUT2D eigenvalue weighted by Crippen LogP contribution is 2.32. The van der Waals surface area contributed by atoms with Gasteiger partial charge in [-0.25, -0.2) is 24.4 Å². The lowest BCUT2D eigenvalue weighted by Gasteiger charge is -2.15. The first-order chi connectivity index (χ1) is 25.4. The number of aromatic nitrogens is 5. The van der Waals surface area contributed by atoms with Crippen LogP contribution < -0.4 is 26.0 Å². The Balaban J connectivity index is 1.11. The fraction of sp³-hybridized carbons (Fsp3) is 0.231. The van der Waals surface area contributed by atoms with Crippen LogP contribution in [-0.2, 0) is 13.0 Å². The molecule has 3 aromatic carbocycles. The summed E-state index contributed by atoms with van der Waals surface area (Å²) >= 11 is 0. The predicted molar refractivity (Wildman–Crippen MR) is 201 cm³/mol. The third-order valence-corrected chi connectivity index (χ3v) is 8.18. The van der Waals surface area contributed by atoms with Gasteiger partial charge < -0.3 is 25.8 Å². The van der Waals surface area contributed by atoms with Gasteiger partial charge in [-0.3, -0.25) is 10.1 Å². The molecule has 0 saturated carbocycles. The van der Waals surface area contributed by atoms with E-state index < -0.39 is 0 Å². The molecule has 3 heterocycles. The lowest BCUT2D eigenvalue weighted by atomic mass is 10.1. The second kappa shape index (κ2) is 17.1. The Morgan fingerprint density at radius 3 is 2.46 bits per heavy atom. The molecule has 0 aliphatic heterocycles. The van der Waals surface area contributed by atoms with Gasteiger partial charge in [-0.05, 0) is 68.1 Å². The summed E-state index contributed by atoms with van der Waals surface area (Å²) in [6.07, 6.45) is 7.85. The largest absolute Gasteiger partial charge is 0.488 e. The highest BCUT2D eigenvalue weighted by atomic mass is 16.5. The van der Waals surface area contributed by atoms with Crippen LogP contribution in [0.25, 0.3) is 16.5 Å². The van der Waals surface area contributed by atoms with Gasteiger partial charge in [-0.1, -0.05) is 55.3 Å². The number of aliphatic hydroxyl groups excluding tert-OH is 1. The van der Waals surface area contributed by atoms with E-state index in [-0.39, 0.29) is 30.8 Å². The molecule has 0 fully saturated rings. The molecule has 0 atom stereocenters. The van der Waals surface area contributed by atoms with Gasteiger partial charge in [0.2, 0.25) is 0 Å². The van der Waals surface area contributed by atoms with Gasteiger partial charge in [0, 0.05) is 36.2 Å². The lowest BCUT2D eigenvalue weighted by Crippen LogP contribution is -2.26. The van der Waals surface area contributed by atoms with Gasteiger partial charge in [-0.15, -0.1) is 0 Å². The molecule has 266 valence electrons. The second-order valence-electron chi connectivity index (χ2n) is 12.2. The molecule has 13 heteroatoms. The number of fused-ring (bicyclic) bond motifs is 1. The monoisotopic (exact) mass is 699 g/mol. The Kier molecular flexibility index (Phi) is 11.6. The molecule has 5 N–H and O–H groups in total. The Morgan fingerprint density at radius 1 is 0.865 bits per heavy atom. The molecule has 13 nitrogen and oxygen atoms in total. The van der Waals surface area contributed by atoms with Crippen LogP contribution in [0, 0.1) is 6.92 Å². The van der Waals surface area contributed by atoms with Crippen molar-refractivity contribution in [2.45, 2.75) is 46.1 Å². The number of hydrogen-bond donors (Lipinski definition) is 5. The van der Waals surface area contributed by atoms with Crippen molar-refractivity contribution in [1.82, 2.24) is 30.0 Å². The first-order valence-corrected chi connectivity index (χ1v) is 17.2. The first-order valence-electron chi connectivity index (χ1n) is 17.2. The van der Waals surface area contributed by atoms with E-state index in [2.05, 4.69) is 43.1 Å². The molecule has 6 rings (SSSR count). The maximum atomic E-state index is 13.4. The number of nitrogens with one attached hydrogen (secondary N) is 4. The van der Waals surface area contributed by atoms with Gasteiger partial charge in [0.1, 0.15) is 35.5 Å². The molecule has 0 aliphatic rings. The number of urea groups is 1. The van der Waals surface area contributed by atoms with E-state index in [1.165, 1.54) is 12.4 Å². The fourth-order valence-electron chi connectivity index (χ4n) is 5.46. The van der Waals surface area contributed by atoms with Crippen molar-refractivity contribution in [3.8, 4) is 11.4 Å². The molecule has 0 bridgehead atoms. The molecule has 0 unspecified atom stereocenters. The van der Waals surface area contributed by atoms with Crippen LogP contribution in [0.3, 0.4) is 0 Å². The van der Waals surface area contributed by atoms with Crippen LogP contribution in [0.5, 0.6) is 5.75 Å². The van der Waals surface area contributed by atoms with Crippen molar-refractivity contribution in [1.29, 1.82) is 0 Å². The third-order valence-electron chi connectivity index (χ3n) is 8.18. The van der Waals surface area contributed by atoms with Crippen LogP contribution in [0.2, 0.25) is 0 Å². The second-order valence-corrected chi connectivity index (χ2v) is 12.2. The van der Waals surface area contributed by atoms with Crippen molar-refractivity contribution < 1.29 is 19.4 Å². The average molecular weight is 700 g/mol. The highest BCUT2D eigenvalue weighted by Gasteiger charge is 2.15. The van der Waals surface area contributed by atoms with Crippen molar-refractivity contribution in [2.24, 2.45) is 0 Å². The number of pyridine rings is 1. The van der Waals surface area contributed by atoms with E-state index >= 15 is 0 Å². The van der Waals surface area contributed by atoms with Gasteiger partial charge in [-0.2, -0.15) is 5.10 Å². The van der Waals surface area contributed by atoms with Gasteiger partial charge in [0.15, 0.2) is 0 Å². The van der Waals surface area contributed by atoms with Gasteiger partial charge in [0.05, 0.1) is 29.5 Å². The number of unbranched alkanes of at least 4 members (excludes halogenated alkanes) is 1. The predicted octanol–water partition coefficient (Wildman–Crippen LogP) is 6.94. The maximum absolute atomic E-state index is 13.4. The number of ether oxygens (including phenoxy) is 1. The van der Waals surface area contributed by atoms with Crippen LogP contribution in [0.15, 0.2) is 97.5 Å². The van der Waals surface area contributed by atoms with E-state index in [0.29, 0.717) is 41.9 Å². The molecule has 0 radical (unpaired) electrons. The van der Waals surface area contributed by atoms with E-state index in [0.717, 1.165) is 52.5 Å². The van der Waals surface area contributed by atoms with Crippen molar-refractivity contribution >= 4 is 45.9 Å². The third kappa shape index (κ3) is 9.06. The van der Waals surface area contributed by atoms with Crippen LogP contribution in [0.1, 0.15) is 53.5 Å². The van der Waals surface area contributed by atoms with Gasteiger partial charge in [0.25, 0.3) is 5.91 Å². The molecule has 0 spiro atoms. The lowest BCUT2D eigenvalue weighted by molar-refractivity contribution is 0.0945. The van der Waals surface area contributed by atoms with Gasteiger partial charge >= 0.3 is 6.03 Å². The molecule has 6 aromatic rings. The zero-order chi connectivity index (χ0) is 36.3. The molecule has 0 saturated heterocycles. The smallest absolute Gasteiger partial charge is 0.324 e. The normalized spacial score (nSPS) is 10.9. The first kappa shape index (κ1) is 35.5. The van der Waals surface area contributed by atoms with E-state index in [9.17, 15) is 9.59 Å². The minimum Gasteiger partial charge on any atom is -0.488 e. The minimum absolute atomic E-state index is 0.00293. The van der Waals surface area contributed by atoms with Crippen LogP contribution >= 0.6 is 0 Å². The standard InChI is InChI=1S/C39H41N9O4/c1-3-4-8-28-22-37(48(47-28)29-13-11-26(2)12-14-29)46-39(51)44-32-15-16-34(31-10-6-5-9-30(31)32)52-25-27-17-19-40-35(21-27)45-36-24-42-33(23-43-36)38(50)41-18-7-20-49/h5-6,9-17,19,21-24,49H,3-4,7-8,18,20,25H2,1-2H3,(H,41,50)(H,40,43,45)(H2,44,46,51). The highest BCUT2D eigenvalue weighted by molar-refractivity contribution is 6.07. The van der Waals surface area contributed by atoms with E-state index in [1.54, 1.807) is 10.9 Å². The quantitative estimate of drug-likeness (QED) is 0.0713. The molecule has 52 heavy (non-hydrogen) atoms. The summed E-state index contributed by atoms with van der Waals surface area (Å²) in [7, 11) is 0. The summed E-state index contributed by atoms with van der Waals surface area (Å²) in [6.45, 7) is 4.79. The van der Waals surface area contributed by atoms with Crippen LogP contribution in [0.4, 0.5) is 27.9 Å². The summed E-state index contributed by atoms with van der Waals surface area (Å²) < 4.78 is 8.04. The van der Waals surface area contributed by atoms with E-state index in [1.807, 2.05) is 85.8 Å². The fourth-order valence-corrected chi connectivity index (χ4v) is 5.46. The molecule has 0 aliphatic carbocycles. The number of amides is 3. The zero-order valence-corrected chi connectivity index (χ0v) is 29.1. The zero-order valence-electron chi connectivity index (χ0n) is 29.1. The Morgan fingerprint density at radius 2 is 1.69 bits per heavy atom. The number of nitrogens with zero attached hydrogens (tertiary/aromatic N) is 5.